The maximum absolute atomic E-state index is 12.3. The minimum Gasteiger partial charge on any atom is -0.465 e. The summed E-state index contributed by atoms with van der Waals surface area (Å²) in [6, 6.07) is 6.52. The van der Waals surface area contributed by atoms with Crippen molar-refractivity contribution in [3.63, 3.8) is 0 Å². The summed E-state index contributed by atoms with van der Waals surface area (Å²) in [7, 11) is 1.31. The number of hydrogen-bond donors (Lipinski definition) is 1. The summed E-state index contributed by atoms with van der Waals surface area (Å²) < 4.78 is 4.67. The van der Waals surface area contributed by atoms with Crippen LogP contribution in [0.4, 0.5) is 5.69 Å². The molecule has 0 aliphatic heterocycles. The van der Waals surface area contributed by atoms with E-state index in [4.69, 9.17) is 0 Å². The van der Waals surface area contributed by atoms with Crippen molar-refractivity contribution in [2.45, 2.75) is 39.0 Å². The summed E-state index contributed by atoms with van der Waals surface area (Å²) in [5.41, 5.74) is 2.23. The van der Waals surface area contributed by atoms with Crippen LogP contribution in [0, 0.1) is 0 Å². The number of rotatable bonds is 7. The summed E-state index contributed by atoms with van der Waals surface area (Å²) >= 11 is 0. The van der Waals surface area contributed by atoms with Crippen LogP contribution in [0.15, 0.2) is 35.9 Å². The molecule has 0 unspecified atom stereocenters. The van der Waals surface area contributed by atoms with Crippen molar-refractivity contribution in [2.75, 3.05) is 25.5 Å². The van der Waals surface area contributed by atoms with Gasteiger partial charge in [-0.05, 0) is 50.3 Å². The maximum atomic E-state index is 12.3. The summed E-state index contributed by atoms with van der Waals surface area (Å²) in [5.74, 6) is -0.882. The summed E-state index contributed by atoms with van der Waals surface area (Å²) in [4.78, 5) is 37.3. The Morgan fingerprint density at radius 3 is 2.69 bits per heavy atom. The van der Waals surface area contributed by atoms with Gasteiger partial charge in [0, 0.05) is 19.2 Å². The predicted octanol–water partition coefficient (Wildman–Crippen LogP) is 3.15. The number of allylic oxidation sites excluding steroid dienone is 1. The molecule has 26 heavy (non-hydrogen) atoms. The average Bonchev–Trinajstić information content (AvgIpc) is 2.65. The van der Waals surface area contributed by atoms with Gasteiger partial charge in [-0.15, -0.1) is 0 Å². The van der Waals surface area contributed by atoms with E-state index < -0.39 is 5.97 Å². The van der Waals surface area contributed by atoms with Crippen molar-refractivity contribution in [1.82, 2.24) is 4.90 Å². The van der Waals surface area contributed by atoms with Crippen molar-refractivity contribution < 1.29 is 19.1 Å². The van der Waals surface area contributed by atoms with E-state index in [9.17, 15) is 14.4 Å². The number of carbonyl (C=O) groups excluding carboxylic acids is 3. The molecular formula is C20H26N2O4. The van der Waals surface area contributed by atoms with Crippen LogP contribution in [-0.2, 0) is 14.3 Å². The van der Waals surface area contributed by atoms with Crippen LogP contribution in [0.3, 0.4) is 0 Å². The number of carbonyl (C=O) groups is 3. The Bertz CT molecular complexity index is 697. The zero-order valence-electron chi connectivity index (χ0n) is 15.4. The molecular weight excluding hydrogens is 332 g/mol. The third kappa shape index (κ3) is 6.02. The lowest BCUT2D eigenvalue weighted by Crippen LogP contribution is -2.37. The third-order valence-electron chi connectivity index (χ3n) is 4.44. The largest absolute Gasteiger partial charge is 0.465 e. The van der Waals surface area contributed by atoms with Gasteiger partial charge in [-0.2, -0.15) is 0 Å². The molecule has 1 aliphatic rings. The molecule has 0 spiro atoms. The van der Waals surface area contributed by atoms with Gasteiger partial charge in [-0.25, -0.2) is 4.79 Å². The van der Waals surface area contributed by atoms with Gasteiger partial charge >= 0.3 is 5.97 Å². The van der Waals surface area contributed by atoms with Crippen molar-refractivity contribution in [1.29, 1.82) is 0 Å². The highest BCUT2D eigenvalue weighted by atomic mass is 16.5. The molecule has 1 aromatic carbocycles. The van der Waals surface area contributed by atoms with Gasteiger partial charge in [-0.3, -0.25) is 9.59 Å². The Morgan fingerprint density at radius 2 is 2.04 bits per heavy atom. The predicted molar refractivity (Wildman–Crippen MR) is 99.8 cm³/mol. The van der Waals surface area contributed by atoms with Gasteiger partial charge in [-0.1, -0.05) is 17.7 Å². The molecule has 0 heterocycles. The van der Waals surface area contributed by atoms with Gasteiger partial charge in [0.2, 0.25) is 11.8 Å². The third-order valence-corrected chi connectivity index (χ3v) is 4.44. The van der Waals surface area contributed by atoms with Crippen LogP contribution in [0.1, 0.15) is 49.4 Å². The van der Waals surface area contributed by atoms with E-state index >= 15 is 0 Å². The topological polar surface area (TPSA) is 75.7 Å². The van der Waals surface area contributed by atoms with E-state index in [-0.39, 0.29) is 18.4 Å². The molecule has 6 heteroatoms. The number of methoxy groups -OCH3 is 1. The number of esters is 1. The van der Waals surface area contributed by atoms with Gasteiger partial charge in [0.15, 0.2) is 0 Å². The molecule has 0 fully saturated rings. The normalized spacial score (nSPS) is 13.5. The number of amides is 2. The lowest BCUT2D eigenvalue weighted by Gasteiger charge is -2.22. The average molecular weight is 358 g/mol. The number of ether oxygens (including phenoxy) is 1. The van der Waals surface area contributed by atoms with Crippen molar-refractivity contribution >= 4 is 23.5 Å². The molecule has 140 valence electrons. The number of hydrogen-bond acceptors (Lipinski definition) is 4. The second-order valence-corrected chi connectivity index (χ2v) is 6.42. The maximum Gasteiger partial charge on any atom is 0.337 e. The van der Waals surface area contributed by atoms with Crippen molar-refractivity contribution in [3.8, 4) is 0 Å². The highest BCUT2D eigenvalue weighted by Crippen LogP contribution is 2.20. The molecule has 0 aromatic heterocycles. The molecule has 1 aromatic rings. The van der Waals surface area contributed by atoms with Gasteiger partial charge < -0.3 is 15.0 Å². The van der Waals surface area contributed by atoms with Gasteiger partial charge in [0.1, 0.15) is 0 Å². The summed E-state index contributed by atoms with van der Waals surface area (Å²) in [6.07, 6.45) is 7.67. The fourth-order valence-corrected chi connectivity index (χ4v) is 2.97. The molecule has 0 saturated carbocycles. The molecule has 0 bridgehead atoms. The lowest BCUT2D eigenvalue weighted by molar-refractivity contribution is -0.132. The fourth-order valence-electron chi connectivity index (χ4n) is 2.97. The first kappa shape index (κ1) is 19.7. The van der Waals surface area contributed by atoms with Crippen LogP contribution in [0.25, 0.3) is 0 Å². The van der Waals surface area contributed by atoms with Crippen LogP contribution < -0.4 is 5.32 Å². The summed E-state index contributed by atoms with van der Waals surface area (Å²) in [6.45, 7) is 2.00. The molecule has 1 N–H and O–H groups in total. The van der Waals surface area contributed by atoms with E-state index in [0.29, 0.717) is 17.8 Å². The number of anilines is 1. The van der Waals surface area contributed by atoms with Crippen LogP contribution in [0.2, 0.25) is 0 Å². The van der Waals surface area contributed by atoms with Crippen molar-refractivity contribution in [3.05, 3.63) is 41.5 Å². The van der Waals surface area contributed by atoms with E-state index in [1.807, 2.05) is 0 Å². The molecule has 0 radical (unpaired) electrons. The first-order valence-corrected chi connectivity index (χ1v) is 8.91. The number of nitrogens with one attached hydrogen (secondary N) is 1. The Kier molecular flexibility index (Phi) is 7.38. The van der Waals surface area contributed by atoms with Crippen LogP contribution >= 0.6 is 0 Å². The first-order valence-electron chi connectivity index (χ1n) is 8.91. The molecule has 2 rings (SSSR count). The fraction of sp³-hybridized carbons (Fsp3) is 0.450. The highest BCUT2D eigenvalue weighted by molar-refractivity contribution is 5.96. The number of benzene rings is 1. The molecule has 1 aliphatic carbocycles. The molecule has 0 saturated heterocycles. The Balaban J connectivity index is 1.91. The van der Waals surface area contributed by atoms with E-state index in [2.05, 4.69) is 16.1 Å². The van der Waals surface area contributed by atoms with E-state index in [1.165, 1.54) is 32.4 Å². The second-order valence-electron chi connectivity index (χ2n) is 6.42. The summed E-state index contributed by atoms with van der Waals surface area (Å²) in [5, 5.41) is 2.73. The molecule has 2 amide bonds. The lowest BCUT2D eigenvalue weighted by atomic mass is 9.97. The smallest absolute Gasteiger partial charge is 0.337 e. The van der Waals surface area contributed by atoms with E-state index in [1.54, 1.807) is 29.2 Å². The zero-order chi connectivity index (χ0) is 18.9. The SMILES string of the molecule is COC(=O)c1cccc(NC(=O)CN(CCC2=CCCCC2)C(C)=O)c1. The first-order chi connectivity index (χ1) is 12.5. The Hall–Kier alpha value is -2.63. The van der Waals surface area contributed by atoms with Gasteiger partial charge in [0.05, 0.1) is 19.2 Å². The monoisotopic (exact) mass is 358 g/mol. The Labute approximate surface area is 154 Å². The number of nitrogens with zero attached hydrogens (tertiary/aromatic N) is 1. The highest BCUT2D eigenvalue weighted by Gasteiger charge is 2.15. The van der Waals surface area contributed by atoms with Crippen LogP contribution in [0.5, 0.6) is 0 Å². The Morgan fingerprint density at radius 1 is 1.23 bits per heavy atom. The minimum absolute atomic E-state index is 0.00886. The van der Waals surface area contributed by atoms with Crippen molar-refractivity contribution in [2.24, 2.45) is 0 Å². The second kappa shape index (κ2) is 9.75. The van der Waals surface area contributed by atoms with Crippen LogP contribution in [-0.4, -0.2) is 42.9 Å². The molecule has 6 nitrogen and oxygen atoms in total. The molecule has 0 atom stereocenters. The van der Waals surface area contributed by atoms with E-state index in [0.717, 1.165) is 19.3 Å². The van der Waals surface area contributed by atoms with Gasteiger partial charge in [0.25, 0.3) is 0 Å². The standard InChI is InChI=1S/C20H26N2O4/c1-15(23)22(12-11-16-7-4-3-5-8-16)14-19(24)21-18-10-6-9-17(13-18)20(25)26-2/h6-7,9-10,13H,3-5,8,11-12,14H2,1-2H3,(H,21,24). The zero-order valence-corrected chi connectivity index (χ0v) is 15.4. The quantitative estimate of drug-likeness (QED) is 0.600. The minimum atomic E-state index is -0.466.